The van der Waals surface area contributed by atoms with Crippen LogP contribution in [0.1, 0.15) is 24.0 Å². The average Bonchev–Trinajstić information content (AvgIpc) is 3.21. The number of hydrogen-bond donors (Lipinski definition) is 3. The molecule has 3 aromatic rings. The Balaban J connectivity index is 1.89. The van der Waals surface area contributed by atoms with E-state index in [1.54, 1.807) is 31.4 Å². The van der Waals surface area contributed by atoms with Gasteiger partial charge in [0.25, 0.3) is 0 Å². The van der Waals surface area contributed by atoms with Crippen molar-refractivity contribution in [2.75, 3.05) is 20.8 Å². The van der Waals surface area contributed by atoms with Crippen molar-refractivity contribution in [1.29, 1.82) is 5.26 Å². The molecular formula is C23H22N4O5. The molecule has 1 aliphatic rings. The Morgan fingerprint density at radius 1 is 1.16 bits per heavy atom. The van der Waals surface area contributed by atoms with Crippen molar-refractivity contribution in [2.24, 2.45) is 5.73 Å². The number of phenols is 1. The number of methoxy groups -OCH3 is 2. The zero-order valence-electron chi connectivity index (χ0n) is 17.8. The largest absolute Gasteiger partial charge is 0.504 e. The molecule has 0 radical (unpaired) electrons. The Kier molecular flexibility index (Phi) is 5.52. The monoisotopic (exact) mass is 434 g/mol. The van der Waals surface area contributed by atoms with Crippen LogP contribution in [0.5, 0.6) is 28.9 Å². The highest BCUT2D eigenvalue weighted by atomic mass is 16.5. The van der Waals surface area contributed by atoms with Crippen LogP contribution in [0.25, 0.3) is 11.3 Å². The van der Waals surface area contributed by atoms with Crippen LogP contribution in [0.15, 0.2) is 47.9 Å². The Morgan fingerprint density at radius 3 is 2.56 bits per heavy atom. The van der Waals surface area contributed by atoms with Crippen molar-refractivity contribution < 1.29 is 24.1 Å². The van der Waals surface area contributed by atoms with Gasteiger partial charge >= 0.3 is 0 Å². The first-order chi connectivity index (χ1) is 15.5. The molecule has 9 nitrogen and oxygen atoms in total. The third-order valence-corrected chi connectivity index (χ3v) is 5.23. The van der Waals surface area contributed by atoms with Crippen LogP contribution in [0, 0.1) is 11.3 Å². The number of phenolic OH excluding ortho intramolecular Hbond substituents is 1. The van der Waals surface area contributed by atoms with Crippen molar-refractivity contribution in [3.63, 3.8) is 0 Å². The molecule has 0 amide bonds. The minimum atomic E-state index is -0.619. The van der Waals surface area contributed by atoms with Crippen LogP contribution >= 0.6 is 0 Å². The number of allylic oxidation sites excluding steroid dienone is 1. The second-order valence-electron chi connectivity index (χ2n) is 6.97. The highest BCUT2D eigenvalue weighted by Crippen LogP contribution is 2.47. The molecule has 4 N–H and O–H groups in total. The van der Waals surface area contributed by atoms with E-state index in [9.17, 15) is 10.4 Å². The molecule has 0 spiro atoms. The lowest BCUT2D eigenvalue weighted by atomic mass is 9.83. The first-order valence-electron chi connectivity index (χ1n) is 9.86. The Hall–Kier alpha value is -4.32. The SMILES string of the molecule is CCOc1ccc(-c2[nH]nc3c2[C@H](c2ccc(OC)c(O)c2)C(C#N)=C(N)O3)cc1OC. The van der Waals surface area contributed by atoms with Gasteiger partial charge in [-0.2, -0.15) is 5.26 Å². The smallest absolute Gasteiger partial charge is 0.244 e. The van der Waals surface area contributed by atoms with E-state index in [0.717, 1.165) is 5.56 Å². The molecule has 1 atom stereocenters. The molecule has 0 saturated heterocycles. The van der Waals surface area contributed by atoms with Gasteiger partial charge in [-0.3, -0.25) is 5.10 Å². The van der Waals surface area contributed by atoms with Crippen LogP contribution in [0.3, 0.4) is 0 Å². The van der Waals surface area contributed by atoms with E-state index >= 15 is 0 Å². The molecule has 0 bridgehead atoms. The molecule has 1 aromatic heterocycles. The number of rotatable bonds is 6. The van der Waals surface area contributed by atoms with Gasteiger partial charge < -0.3 is 29.8 Å². The number of aromatic nitrogens is 2. The Morgan fingerprint density at radius 2 is 1.91 bits per heavy atom. The number of nitrogens with one attached hydrogen (secondary N) is 1. The van der Waals surface area contributed by atoms with Gasteiger partial charge in [0, 0.05) is 5.56 Å². The van der Waals surface area contributed by atoms with Gasteiger partial charge in [0.2, 0.25) is 11.8 Å². The molecule has 2 aromatic carbocycles. The molecule has 0 unspecified atom stereocenters. The molecule has 0 saturated carbocycles. The average molecular weight is 434 g/mol. The van der Waals surface area contributed by atoms with Gasteiger partial charge in [-0.25, -0.2) is 0 Å². The maximum absolute atomic E-state index is 10.3. The number of fused-ring (bicyclic) bond motifs is 1. The second-order valence-corrected chi connectivity index (χ2v) is 6.97. The number of nitrogens with zero attached hydrogens (tertiary/aromatic N) is 2. The van der Waals surface area contributed by atoms with Gasteiger partial charge in [-0.15, -0.1) is 5.10 Å². The molecule has 32 heavy (non-hydrogen) atoms. The quantitative estimate of drug-likeness (QED) is 0.537. The topological polar surface area (TPSA) is 136 Å². The van der Waals surface area contributed by atoms with E-state index in [1.807, 2.05) is 19.1 Å². The van der Waals surface area contributed by atoms with E-state index in [1.165, 1.54) is 7.11 Å². The normalized spacial score (nSPS) is 14.9. The fourth-order valence-electron chi connectivity index (χ4n) is 3.78. The summed E-state index contributed by atoms with van der Waals surface area (Å²) in [4.78, 5) is 0. The second kappa shape index (κ2) is 8.43. The lowest BCUT2D eigenvalue weighted by Crippen LogP contribution is -2.21. The molecule has 0 fully saturated rings. The van der Waals surface area contributed by atoms with E-state index in [4.69, 9.17) is 24.7 Å². The predicted octanol–water partition coefficient (Wildman–Crippen LogP) is 3.42. The number of aromatic hydroxyl groups is 1. The third-order valence-electron chi connectivity index (χ3n) is 5.23. The summed E-state index contributed by atoms with van der Waals surface area (Å²) in [5.41, 5.74) is 8.87. The van der Waals surface area contributed by atoms with Gasteiger partial charge in [0.15, 0.2) is 23.0 Å². The van der Waals surface area contributed by atoms with Gasteiger partial charge in [0.1, 0.15) is 11.6 Å². The summed E-state index contributed by atoms with van der Waals surface area (Å²) in [6, 6.07) is 12.5. The standard InChI is InChI=1S/C23H22N4O5/c1-4-31-17-8-6-13(10-18(17)30-3)21-20-19(12-5-7-16(29-2)15(28)9-12)14(11-24)22(25)32-23(20)27-26-21/h5-10,19,28H,4,25H2,1-3H3,(H,26,27)/t19-/m1/s1. The van der Waals surface area contributed by atoms with Crippen molar-refractivity contribution in [3.05, 3.63) is 59.0 Å². The summed E-state index contributed by atoms with van der Waals surface area (Å²) in [6.07, 6.45) is 0. The Bertz CT molecular complexity index is 1240. The fourth-order valence-corrected chi connectivity index (χ4v) is 3.78. The summed E-state index contributed by atoms with van der Waals surface area (Å²) >= 11 is 0. The van der Waals surface area contributed by atoms with Crippen LogP contribution in [0.2, 0.25) is 0 Å². The summed E-state index contributed by atoms with van der Waals surface area (Å²) in [7, 11) is 3.03. The number of H-pyrrole nitrogens is 1. The van der Waals surface area contributed by atoms with Crippen molar-refractivity contribution >= 4 is 0 Å². The first kappa shape index (κ1) is 20.9. The number of hydrogen-bond acceptors (Lipinski definition) is 8. The molecule has 2 heterocycles. The highest BCUT2D eigenvalue weighted by molar-refractivity contribution is 5.73. The summed E-state index contributed by atoms with van der Waals surface area (Å²) in [5.74, 6) is 1.03. The fraction of sp³-hybridized carbons (Fsp3) is 0.217. The van der Waals surface area contributed by atoms with Gasteiger partial charge in [-0.1, -0.05) is 6.07 Å². The van der Waals surface area contributed by atoms with E-state index < -0.39 is 5.92 Å². The highest BCUT2D eigenvalue weighted by Gasteiger charge is 2.36. The van der Waals surface area contributed by atoms with E-state index in [2.05, 4.69) is 16.3 Å². The first-order valence-corrected chi connectivity index (χ1v) is 9.86. The van der Waals surface area contributed by atoms with Crippen molar-refractivity contribution in [1.82, 2.24) is 10.2 Å². The van der Waals surface area contributed by atoms with E-state index in [0.29, 0.717) is 40.7 Å². The molecule has 0 aliphatic carbocycles. The molecular weight excluding hydrogens is 412 g/mol. The lowest BCUT2D eigenvalue weighted by Gasteiger charge is -2.24. The van der Waals surface area contributed by atoms with Crippen LogP contribution in [-0.4, -0.2) is 36.1 Å². The lowest BCUT2D eigenvalue weighted by molar-refractivity contribution is 0.311. The summed E-state index contributed by atoms with van der Waals surface area (Å²) in [6.45, 7) is 2.40. The van der Waals surface area contributed by atoms with Gasteiger partial charge in [0.05, 0.1) is 38.0 Å². The van der Waals surface area contributed by atoms with Gasteiger partial charge in [-0.05, 0) is 42.8 Å². The molecule has 164 valence electrons. The number of nitrogens with two attached hydrogens (primary N) is 1. The zero-order chi connectivity index (χ0) is 22.8. The van der Waals surface area contributed by atoms with E-state index in [-0.39, 0.29) is 23.1 Å². The Labute approximate surface area is 184 Å². The maximum Gasteiger partial charge on any atom is 0.244 e. The van der Waals surface area contributed by atoms with Crippen molar-refractivity contribution in [2.45, 2.75) is 12.8 Å². The third kappa shape index (κ3) is 3.41. The minimum absolute atomic E-state index is 0.0392. The van der Waals surface area contributed by atoms with Crippen molar-refractivity contribution in [3.8, 4) is 46.2 Å². The molecule has 1 aliphatic heterocycles. The molecule has 9 heteroatoms. The van der Waals surface area contributed by atoms with Crippen LogP contribution in [-0.2, 0) is 0 Å². The molecule has 4 rings (SSSR count). The zero-order valence-corrected chi connectivity index (χ0v) is 17.8. The van der Waals surface area contributed by atoms with Crippen LogP contribution < -0.4 is 24.7 Å². The number of nitriles is 1. The minimum Gasteiger partial charge on any atom is -0.504 e. The number of benzene rings is 2. The maximum atomic E-state index is 10.3. The predicted molar refractivity (Wildman–Crippen MR) is 116 cm³/mol. The number of aromatic amines is 1. The number of ether oxygens (including phenoxy) is 4. The summed E-state index contributed by atoms with van der Waals surface area (Å²) < 4.78 is 21.9. The van der Waals surface area contributed by atoms with Crippen LogP contribution in [0.4, 0.5) is 0 Å². The summed E-state index contributed by atoms with van der Waals surface area (Å²) in [5, 5.41) is 27.4.